The van der Waals surface area contributed by atoms with E-state index >= 15 is 0 Å². The fraction of sp³-hybridized carbons (Fsp3) is 0.917. The zero-order valence-corrected chi connectivity index (χ0v) is 9.63. The fourth-order valence-corrected chi connectivity index (χ4v) is 3.07. The number of hydrogen-bond acceptors (Lipinski definition) is 2. The van der Waals surface area contributed by atoms with E-state index in [4.69, 9.17) is 4.74 Å². The van der Waals surface area contributed by atoms with Gasteiger partial charge in [-0.05, 0) is 31.1 Å². The van der Waals surface area contributed by atoms with E-state index in [0.717, 1.165) is 13.1 Å². The summed E-state index contributed by atoms with van der Waals surface area (Å²) in [5, 5.41) is 0. The number of carbonyl (C=O) groups is 1. The molecule has 0 bridgehead atoms. The van der Waals surface area contributed by atoms with Gasteiger partial charge in [-0.15, -0.1) is 0 Å². The van der Waals surface area contributed by atoms with Crippen molar-refractivity contribution in [2.45, 2.75) is 38.5 Å². The Balaban J connectivity index is 1.83. The molecule has 1 aliphatic carbocycles. The highest BCUT2D eigenvalue weighted by atomic mass is 16.5. The van der Waals surface area contributed by atoms with Gasteiger partial charge in [0, 0.05) is 20.2 Å². The topological polar surface area (TPSA) is 29.5 Å². The maximum atomic E-state index is 11.6. The van der Waals surface area contributed by atoms with Crippen molar-refractivity contribution in [3.8, 4) is 0 Å². The first-order chi connectivity index (χ1) is 7.26. The van der Waals surface area contributed by atoms with Gasteiger partial charge < -0.3 is 9.64 Å². The highest BCUT2D eigenvalue weighted by molar-refractivity contribution is 5.77. The largest absolute Gasteiger partial charge is 0.375 e. The molecule has 86 valence electrons. The highest BCUT2D eigenvalue weighted by Crippen LogP contribution is 2.45. The summed E-state index contributed by atoms with van der Waals surface area (Å²) < 4.78 is 4.88. The van der Waals surface area contributed by atoms with E-state index in [1.807, 2.05) is 4.90 Å². The smallest absolute Gasteiger partial charge is 0.248 e. The molecule has 0 aromatic carbocycles. The first-order valence-electron chi connectivity index (χ1n) is 6.02. The summed E-state index contributed by atoms with van der Waals surface area (Å²) in [5.74, 6) is 0.158. The lowest BCUT2D eigenvalue weighted by Crippen LogP contribution is -2.43. The predicted molar refractivity (Wildman–Crippen MR) is 58.6 cm³/mol. The van der Waals surface area contributed by atoms with Crippen molar-refractivity contribution in [2.75, 3.05) is 26.8 Å². The molecule has 0 N–H and O–H groups in total. The van der Waals surface area contributed by atoms with Crippen LogP contribution in [-0.4, -0.2) is 37.6 Å². The minimum absolute atomic E-state index is 0.158. The highest BCUT2D eigenvalue weighted by Gasteiger charge is 2.37. The Kier molecular flexibility index (Phi) is 3.29. The minimum Gasteiger partial charge on any atom is -0.375 e. The molecule has 15 heavy (non-hydrogen) atoms. The molecule has 0 atom stereocenters. The lowest BCUT2D eigenvalue weighted by atomic mass is 9.77. The van der Waals surface area contributed by atoms with Crippen LogP contribution in [0, 0.1) is 5.41 Å². The normalized spacial score (nSPS) is 24.7. The average Bonchev–Trinajstić information content (AvgIpc) is 2.68. The van der Waals surface area contributed by atoms with Crippen LogP contribution in [0.5, 0.6) is 0 Å². The molecule has 3 heteroatoms. The number of hydrogen-bond donors (Lipinski definition) is 0. The third-order valence-corrected chi connectivity index (χ3v) is 4.11. The molecular formula is C12H21NO2. The number of carbonyl (C=O) groups excluding carboxylic acids is 1. The molecule has 0 unspecified atom stereocenters. The van der Waals surface area contributed by atoms with E-state index in [-0.39, 0.29) is 12.5 Å². The lowest BCUT2D eigenvalue weighted by molar-refractivity contribution is -0.137. The molecule has 2 fully saturated rings. The van der Waals surface area contributed by atoms with Crippen LogP contribution < -0.4 is 0 Å². The van der Waals surface area contributed by atoms with Crippen molar-refractivity contribution in [2.24, 2.45) is 5.41 Å². The summed E-state index contributed by atoms with van der Waals surface area (Å²) in [6, 6.07) is 0. The Morgan fingerprint density at radius 3 is 2.33 bits per heavy atom. The molecule has 2 rings (SSSR count). The second kappa shape index (κ2) is 4.52. The van der Waals surface area contributed by atoms with Gasteiger partial charge >= 0.3 is 0 Å². The first-order valence-corrected chi connectivity index (χ1v) is 6.02. The predicted octanol–water partition coefficient (Wildman–Crippen LogP) is 1.82. The van der Waals surface area contributed by atoms with E-state index in [2.05, 4.69) is 0 Å². The number of rotatable bonds is 2. The molecule has 2 aliphatic rings. The van der Waals surface area contributed by atoms with Crippen molar-refractivity contribution >= 4 is 5.91 Å². The summed E-state index contributed by atoms with van der Waals surface area (Å²) in [7, 11) is 1.58. The minimum atomic E-state index is 0.158. The Morgan fingerprint density at radius 1 is 1.20 bits per heavy atom. The number of methoxy groups -OCH3 is 1. The van der Waals surface area contributed by atoms with Gasteiger partial charge in [-0.3, -0.25) is 4.79 Å². The summed E-state index contributed by atoms with van der Waals surface area (Å²) in [4.78, 5) is 13.6. The third-order valence-electron chi connectivity index (χ3n) is 4.11. The van der Waals surface area contributed by atoms with Crippen molar-refractivity contribution < 1.29 is 9.53 Å². The van der Waals surface area contributed by atoms with E-state index in [1.54, 1.807) is 7.11 Å². The second-order valence-corrected chi connectivity index (χ2v) is 5.02. The van der Waals surface area contributed by atoms with Gasteiger partial charge in [0.2, 0.25) is 5.91 Å². The van der Waals surface area contributed by atoms with Gasteiger partial charge in [0.15, 0.2) is 0 Å². The Hall–Kier alpha value is -0.570. The summed E-state index contributed by atoms with van der Waals surface area (Å²) in [6.07, 6.45) is 7.99. The molecule has 1 heterocycles. The van der Waals surface area contributed by atoms with Gasteiger partial charge in [0.05, 0.1) is 0 Å². The van der Waals surface area contributed by atoms with Crippen LogP contribution in [0.2, 0.25) is 0 Å². The second-order valence-electron chi connectivity index (χ2n) is 5.02. The summed E-state index contributed by atoms with van der Waals surface area (Å²) in [5.41, 5.74) is 0.601. The van der Waals surface area contributed by atoms with Crippen LogP contribution in [-0.2, 0) is 9.53 Å². The van der Waals surface area contributed by atoms with Crippen LogP contribution >= 0.6 is 0 Å². The first kappa shape index (κ1) is 10.9. The average molecular weight is 211 g/mol. The van der Waals surface area contributed by atoms with Gasteiger partial charge in [-0.2, -0.15) is 0 Å². The monoisotopic (exact) mass is 211 g/mol. The van der Waals surface area contributed by atoms with Crippen molar-refractivity contribution in [3.63, 3.8) is 0 Å². The Labute approximate surface area is 91.8 Å². The van der Waals surface area contributed by atoms with Crippen LogP contribution in [0.1, 0.15) is 38.5 Å². The zero-order chi connectivity index (χ0) is 10.7. The molecule has 0 aromatic heterocycles. The maximum absolute atomic E-state index is 11.6. The standard InChI is InChI=1S/C12H21NO2/c1-15-10-11(14)13-8-6-12(7-9-13)4-2-3-5-12/h2-10H2,1H3. The molecule has 0 radical (unpaired) electrons. The number of ether oxygens (including phenoxy) is 1. The Morgan fingerprint density at radius 2 is 1.80 bits per heavy atom. The van der Waals surface area contributed by atoms with E-state index in [0.29, 0.717) is 5.41 Å². The number of likely N-dealkylation sites (tertiary alicyclic amines) is 1. The van der Waals surface area contributed by atoms with E-state index < -0.39 is 0 Å². The zero-order valence-electron chi connectivity index (χ0n) is 9.63. The third kappa shape index (κ3) is 2.33. The van der Waals surface area contributed by atoms with Gasteiger partial charge in [0.1, 0.15) is 6.61 Å². The number of amides is 1. The molecular weight excluding hydrogens is 190 g/mol. The molecule has 0 aromatic rings. The van der Waals surface area contributed by atoms with E-state index in [1.165, 1.54) is 38.5 Å². The van der Waals surface area contributed by atoms with Gasteiger partial charge in [-0.1, -0.05) is 12.8 Å². The molecule has 1 amide bonds. The van der Waals surface area contributed by atoms with Crippen LogP contribution in [0.4, 0.5) is 0 Å². The van der Waals surface area contributed by atoms with Gasteiger partial charge in [0.25, 0.3) is 0 Å². The maximum Gasteiger partial charge on any atom is 0.248 e. The van der Waals surface area contributed by atoms with Gasteiger partial charge in [-0.25, -0.2) is 0 Å². The number of piperidine rings is 1. The lowest BCUT2D eigenvalue weighted by Gasteiger charge is -2.39. The molecule has 1 saturated carbocycles. The van der Waals surface area contributed by atoms with Crippen LogP contribution in [0.15, 0.2) is 0 Å². The summed E-state index contributed by atoms with van der Waals surface area (Å²) in [6.45, 7) is 2.14. The van der Waals surface area contributed by atoms with Crippen molar-refractivity contribution in [1.29, 1.82) is 0 Å². The van der Waals surface area contributed by atoms with Crippen molar-refractivity contribution in [1.82, 2.24) is 4.90 Å². The molecule has 3 nitrogen and oxygen atoms in total. The number of nitrogens with zero attached hydrogens (tertiary/aromatic N) is 1. The SMILES string of the molecule is COCC(=O)N1CCC2(CCCC2)CC1. The van der Waals surface area contributed by atoms with Crippen LogP contribution in [0.3, 0.4) is 0 Å². The Bertz CT molecular complexity index is 224. The quantitative estimate of drug-likeness (QED) is 0.697. The van der Waals surface area contributed by atoms with E-state index in [9.17, 15) is 4.79 Å². The van der Waals surface area contributed by atoms with Crippen molar-refractivity contribution in [3.05, 3.63) is 0 Å². The van der Waals surface area contributed by atoms with Crippen LogP contribution in [0.25, 0.3) is 0 Å². The summed E-state index contributed by atoms with van der Waals surface area (Å²) >= 11 is 0. The molecule has 1 aliphatic heterocycles. The molecule has 1 spiro atoms. The molecule has 1 saturated heterocycles. The fourth-order valence-electron chi connectivity index (χ4n) is 3.07.